The minimum Gasteiger partial charge on any atom is -0.467 e. The van der Waals surface area contributed by atoms with E-state index in [-0.39, 0.29) is 5.91 Å². The molecule has 1 heterocycles. The van der Waals surface area contributed by atoms with Crippen LogP contribution in [0.25, 0.3) is 0 Å². The van der Waals surface area contributed by atoms with E-state index in [4.69, 9.17) is 0 Å². The van der Waals surface area contributed by atoms with Gasteiger partial charge in [0.05, 0.1) is 7.11 Å². The molecule has 0 aromatic rings. The van der Waals surface area contributed by atoms with E-state index >= 15 is 0 Å². The fraction of sp³-hybridized carbons (Fsp3) is 0.800. The van der Waals surface area contributed by atoms with Crippen molar-refractivity contribution in [3.8, 4) is 0 Å². The highest BCUT2D eigenvalue weighted by Gasteiger charge is 2.31. The summed E-state index contributed by atoms with van der Waals surface area (Å²) < 4.78 is 4.60. The minimum absolute atomic E-state index is 0.100. The molecule has 0 spiro atoms. The third-order valence-electron chi connectivity index (χ3n) is 2.49. The quantitative estimate of drug-likeness (QED) is 0.628. The molecule has 1 aliphatic rings. The third-order valence-corrected chi connectivity index (χ3v) is 2.49. The number of rotatable bonds is 4. The maximum Gasteiger partial charge on any atom is 0.330 e. The predicted molar refractivity (Wildman–Crippen MR) is 55.2 cm³/mol. The zero-order valence-corrected chi connectivity index (χ0v) is 9.42. The lowest BCUT2D eigenvalue weighted by molar-refractivity contribution is -0.149. The fourth-order valence-electron chi connectivity index (χ4n) is 1.46. The largest absolute Gasteiger partial charge is 0.467 e. The number of hydrogen-bond donors (Lipinski definition) is 2. The number of amides is 1. The molecule has 5 nitrogen and oxygen atoms in total. The molecule has 1 amide bonds. The van der Waals surface area contributed by atoms with E-state index in [1.165, 1.54) is 7.11 Å². The average Bonchev–Trinajstić information content (AvgIpc) is 2.09. The molecular weight excluding hydrogens is 196 g/mol. The van der Waals surface area contributed by atoms with Crippen LogP contribution in [0.2, 0.25) is 0 Å². The topological polar surface area (TPSA) is 67.4 Å². The molecule has 0 aromatic heterocycles. The summed E-state index contributed by atoms with van der Waals surface area (Å²) in [7, 11) is 1.31. The highest BCUT2D eigenvalue weighted by atomic mass is 16.5. The minimum atomic E-state index is -0.941. The first-order chi connectivity index (χ1) is 6.95. The molecule has 15 heavy (non-hydrogen) atoms. The molecule has 0 saturated carbocycles. The van der Waals surface area contributed by atoms with Gasteiger partial charge in [-0.05, 0) is 32.9 Å². The van der Waals surface area contributed by atoms with Crippen LogP contribution in [-0.4, -0.2) is 37.6 Å². The van der Waals surface area contributed by atoms with Gasteiger partial charge in [-0.25, -0.2) is 4.79 Å². The molecule has 0 unspecified atom stereocenters. The van der Waals surface area contributed by atoms with Gasteiger partial charge in [-0.3, -0.25) is 4.79 Å². The van der Waals surface area contributed by atoms with Crippen LogP contribution < -0.4 is 10.6 Å². The standard InChI is InChI=1S/C10H18N2O3/c1-10(2,9(14)15-3)12-8(13)4-7-5-11-6-7/h7,11H,4-6H2,1-3H3,(H,12,13). The van der Waals surface area contributed by atoms with E-state index in [1.54, 1.807) is 13.8 Å². The van der Waals surface area contributed by atoms with Crippen molar-refractivity contribution in [3.63, 3.8) is 0 Å². The van der Waals surface area contributed by atoms with Crippen LogP contribution >= 0.6 is 0 Å². The van der Waals surface area contributed by atoms with Crippen molar-refractivity contribution < 1.29 is 14.3 Å². The van der Waals surface area contributed by atoms with Gasteiger partial charge < -0.3 is 15.4 Å². The molecule has 0 radical (unpaired) electrons. The molecule has 86 valence electrons. The first-order valence-corrected chi connectivity index (χ1v) is 5.06. The number of ether oxygens (including phenoxy) is 1. The van der Waals surface area contributed by atoms with Crippen LogP contribution in [0.3, 0.4) is 0 Å². The molecule has 0 atom stereocenters. The fourth-order valence-corrected chi connectivity index (χ4v) is 1.46. The Kier molecular flexibility index (Phi) is 3.68. The number of carbonyl (C=O) groups is 2. The number of carbonyl (C=O) groups excluding carboxylic acids is 2. The van der Waals surface area contributed by atoms with Gasteiger partial charge in [0.2, 0.25) is 5.91 Å². The van der Waals surface area contributed by atoms with E-state index in [0.717, 1.165) is 13.1 Å². The summed E-state index contributed by atoms with van der Waals surface area (Å²) >= 11 is 0. The van der Waals surface area contributed by atoms with Gasteiger partial charge in [-0.2, -0.15) is 0 Å². The van der Waals surface area contributed by atoms with Crippen LogP contribution in [-0.2, 0) is 14.3 Å². The van der Waals surface area contributed by atoms with Crippen molar-refractivity contribution in [1.82, 2.24) is 10.6 Å². The highest BCUT2D eigenvalue weighted by molar-refractivity contribution is 5.87. The van der Waals surface area contributed by atoms with Crippen LogP contribution in [0.1, 0.15) is 20.3 Å². The first kappa shape index (κ1) is 12.0. The smallest absolute Gasteiger partial charge is 0.330 e. The summed E-state index contributed by atoms with van der Waals surface area (Å²) in [6, 6.07) is 0. The Morgan fingerprint density at radius 3 is 2.47 bits per heavy atom. The summed E-state index contributed by atoms with van der Waals surface area (Å²) in [5, 5.41) is 5.76. The zero-order chi connectivity index (χ0) is 11.5. The van der Waals surface area contributed by atoms with Crippen molar-refractivity contribution in [2.24, 2.45) is 5.92 Å². The summed E-state index contributed by atoms with van der Waals surface area (Å²) in [5.41, 5.74) is -0.941. The molecule has 0 bridgehead atoms. The summed E-state index contributed by atoms with van der Waals surface area (Å²) in [6.45, 7) is 5.03. The first-order valence-electron chi connectivity index (χ1n) is 5.06. The lowest BCUT2D eigenvalue weighted by atomic mass is 9.97. The molecular formula is C10H18N2O3. The van der Waals surface area contributed by atoms with Gasteiger partial charge in [0.25, 0.3) is 0 Å². The highest BCUT2D eigenvalue weighted by Crippen LogP contribution is 2.10. The normalized spacial score (nSPS) is 16.7. The van der Waals surface area contributed by atoms with Gasteiger partial charge in [-0.15, -0.1) is 0 Å². The van der Waals surface area contributed by atoms with Crippen molar-refractivity contribution in [2.75, 3.05) is 20.2 Å². The second-order valence-electron chi connectivity index (χ2n) is 4.39. The van der Waals surface area contributed by atoms with E-state index in [1.807, 2.05) is 0 Å². The Balaban J connectivity index is 2.38. The number of esters is 1. The molecule has 0 aliphatic carbocycles. The van der Waals surface area contributed by atoms with E-state index in [9.17, 15) is 9.59 Å². The van der Waals surface area contributed by atoms with Crippen molar-refractivity contribution in [2.45, 2.75) is 25.8 Å². The van der Waals surface area contributed by atoms with Crippen molar-refractivity contribution in [3.05, 3.63) is 0 Å². The molecule has 2 N–H and O–H groups in total. The second kappa shape index (κ2) is 4.61. The second-order valence-corrected chi connectivity index (χ2v) is 4.39. The number of hydrogen-bond acceptors (Lipinski definition) is 4. The average molecular weight is 214 g/mol. The Labute approximate surface area is 89.6 Å². The SMILES string of the molecule is COC(=O)C(C)(C)NC(=O)CC1CNC1. The molecule has 1 aliphatic heterocycles. The molecule has 1 saturated heterocycles. The van der Waals surface area contributed by atoms with Gasteiger partial charge >= 0.3 is 5.97 Å². The van der Waals surface area contributed by atoms with Crippen LogP contribution in [0.15, 0.2) is 0 Å². The zero-order valence-electron chi connectivity index (χ0n) is 9.42. The lowest BCUT2D eigenvalue weighted by Gasteiger charge is -2.29. The predicted octanol–water partition coefficient (Wildman–Crippen LogP) is -0.336. The van der Waals surface area contributed by atoms with Gasteiger partial charge in [0, 0.05) is 6.42 Å². The number of methoxy groups -OCH3 is 1. The van der Waals surface area contributed by atoms with Crippen LogP contribution in [0, 0.1) is 5.92 Å². The lowest BCUT2D eigenvalue weighted by Crippen LogP contribution is -2.52. The summed E-state index contributed by atoms with van der Waals surface area (Å²) in [5.74, 6) is -0.127. The maximum absolute atomic E-state index is 11.5. The third kappa shape index (κ3) is 3.20. The van der Waals surface area contributed by atoms with Crippen LogP contribution in [0.5, 0.6) is 0 Å². The summed E-state index contributed by atoms with van der Waals surface area (Å²) in [4.78, 5) is 22.8. The molecule has 0 aromatic carbocycles. The number of nitrogens with one attached hydrogen (secondary N) is 2. The van der Waals surface area contributed by atoms with Gasteiger partial charge in [-0.1, -0.05) is 0 Å². The molecule has 1 rings (SSSR count). The Morgan fingerprint density at radius 2 is 2.07 bits per heavy atom. The Morgan fingerprint density at radius 1 is 1.47 bits per heavy atom. The van der Waals surface area contributed by atoms with Crippen molar-refractivity contribution >= 4 is 11.9 Å². The maximum atomic E-state index is 11.5. The Hall–Kier alpha value is -1.10. The van der Waals surface area contributed by atoms with E-state index in [0.29, 0.717) is 12.3 Å². The monoisotopic (exact) mass is 214 g/mol. The van der Waals surface area contributed by atoms with Gasteiger partial charge in [0.15, 0.2) is 0 Å². The molecule has 5 heteroatoms. The molecule has 1 fully saturated rings. The Bertz CT molecular complexity index is 259. The van der Waals surface area contributed by atoms with E-state index < -0.39 is 11.5 Å². The van der Waals surface area contributed by atoms with Gasteiger partial charge in [0.1, 0.15) is 5.54 Å². The van der Waals surface area contributed by atoms with Crippen molar-refractivity contribution in [1.29, 1.82) is 0 Å². The summed E-state index contributed by atoms with van der Waals surface area (Å²) in [6.07, 6.45) is 0.466. The van der Waals surface area contributed by atoms with Crippen LogP contribution in [0.4, 0.5) is 0 Å². The van der Waals surface area contributed by atoms with E-state index in [2.05, 4.69) is 15.4 Å².